The Morgan fingerprint density at radius 2 is 1.95 bits per heavy atom. The molecule has 112 valence electrons. The van der Waals surface area contributed by atoms with E-state index in [0.29, 0.717) is 28.7 Å². The van der Waals surface area contributed by atoms with Gasteiger partial charge in [0.05, 0.1) is 15.7 Å². The van der Waals surface area contributed by atoms with Gasteiger partial charge < -0.3 is 11.1 Å². The lowest BCUT2D eigenvalue weighted by Gasteiger charge is -2.23. The number of nitrogens with one attached hydrogen (secondary N) is 1. The number of anilines is 1. The van der Waals surface area contributed by atoms with Crippen LogP contribution in [0.1, 0.15) is 38.7 Å². The summed E-state index contributed by atoms with van der Waals surface area (Å²) in [5.41, 5.74) is 7.01. The molecular weight excluding hydrogens is 295 g/mol. The molecule has 1 rings (SSSR count). The normalized spacial score (nSPS) is 11.5. The fraction of sp³-hybridized carbons (Fsp3) is 0.533. The minimum atomic E-state index is -0.0792. The SMILES string of the molecule is Cc1ccc(Cl)c(NC(=O)CCC(C)(C)CCN)c1Cl. The second-order valence-electron chi connectivity index (χ2n) is 5.80. The highest BCUT2D eigenvalue weighted by Gasteiger charge is 2.19. The molecule has 3 nitrogen and oxygen atoms in total. The van der Waals surface area contributed by atoms with E-state index in [1.807, 2.05) is 13.0 Å². The van der Waals surface area contributed by atoms with E-state index in [-0.39, 0.29) is 11.3 Å². The number of carbonyl (C=O) groups excluding carboxylic acids is 1. The number of carbonyl (C=O) groups is 1. The van der Waals surface area contributed by atoms with Gasteiger partial charge in [-0.1, -0.05) is 43.1 Å². The van der Waals surface area contributed by atoms with Crippen molar-refractivity contribution < 1.29 is 4.79 Å². The average Bonchev–Trinajstić information content (AvgIpc) is 2.37. The molecule has 0 aliphatic heterocycles. The molecule has 1 aromatic rings. The number of benzene rings is 1. The minimum absolute atomic E-state index is 0.0618. The van der Waals surface area contributed by atoms with Crippen LogP contribution in [0, 0.1) is 12.3 Å². The molecule has 0 spiro atoms. The maximum atomic E-state index is 12.0. The van der Waals surface area contributed by atoms with Gasteiger partial charge in [-0.25, -0.2) is 0 Å². The third-order valence-electron chi connectivity index (χ3n) is 3.40. The number of hydrogen-bond donors (Lipinski definition) is 2. The van der Waals surface area contributed by atoms with Gasteiger partial charge >= 0.3 is 0 Å². The lowest BCUT2D eigenvalue weighted by Crippen LogP contribution is -2.21. The Kier molecular flexibility index (Phi) is 6.31. The Balaban J connectivity index is 2.66. The largest absolute Gasteiger partial charge is 0.330 e. The van der Waals surface area contributed by atoms with Crippen molar-refractivity contribution in [1.82, 2.24) is 0 Å². The minimum Gasteiger partial charge on any atom is -0.330 e. The summed E-state index contributed by atoms with van der Waals surface area (Å²) in [7, 11) is 0. The molecule has 0 fully saturated rings. The number of nitrogens with two attached hydrogens (primary N) is 1. The van der Waals surface area contributed by atoms with Crippen LogP contribution >= 0.6 is 23.2 Å². The molecule has 0 atom stereocenters. The van der Waals surface area contributed by atoms with Crippen molar-refractivity contribution >= 4 is 34.8 Å². The number of halogens is 2. The van der Waals surface area contributed by atoms with Crippen LogP contribution in [0.3, 0.4) is 0 Å². The lowest BCUT2D eigenvalue weighted by molar-refractivity contribution is -0.116. The standard InChI is InChI=1S/C15H22Cl2N2O/c1-10-4-5-11(16)14(13(10)17)19-12(20)6-7-15(2,3)8-9-18/h4-5H,6-9,18H2,1-3H3,(H,19,20). The molecule has 0 aliphatic carbocycles. The highest BCUT2D eigenvalue weighted by Crippen LogP contribution is 2.33. The van der Waals surface area contributed by atoms with Gasteiger partial charge in [0.2, 0.25) is 5.91 Å². The van der Waals surface area contributed by atoms with Crippen LogP contribution in [0.15, 0.2) is 12.1 Å². The number of hydrogen-bond acceptors (Lipinski definition) is 2. The summed E-state index contributed by atoms with van der Waals surface area (Å²) >= 11 is 12.2. The first-order valence-corrected chi connectivity index (χ1v) is 7.47. The average molecular weight is 317 g/mol. The molecule has 0 radical (unpaired) electrons. The topological polar surface area (TPSA) is 55.1 Å². The zero-order chi connectivity index (χ0) is 15.3. The van der Waals surface area contributed by atoms with E-state index in [0.717, 1.165) is 18.4 Å². The molecule has 1 amide bonds. The van der Waals surface area contributed by atoms with Crippen molar-refractivity contribution in [2.45, 2.75) is 40.0 Å². The molecule has 5 heteroatoms. The predicted molar refractivity (Wildman–Crippen MR) is 86.5 cm³/mol. The van der Waals surface area contributed by atoms with E-state index in [9.17, 15) is 4.79 Å². The van der Waals surface area contributed by atoms with Gasteiger partial charge in [-0.05, 0) is 43.4 Å². The summed E-state index contributed by atoms with van der Waals surface area (Å²) in [6.45, 7) is 6.72. The van der Waals surface area contributed by atoms with Crippen molar-refractivity contribution in [2.24, 2.45) is 11.1 Å². The van der Waals surface area contributed by atoms with Crippen LogP contribution in [-0.4, -0.2) is 12.5 Å². The van der Waals surface area contributed by atoms with Crippen molar-refractivity contribution in [3.05, 3.63) is 27.7 Å². The Hall–Kier alpha value is -0.770. The second kappa shape index (κ2) is 7.30. The first-order chi connectivity index (χ1) is 9.26. The van der Waals surface area contributed by atoms with Crippen LogP contribution in [0.5, 0.6) is 0 Å². The van der Waals surface area contributed by atoms with Crippen molar-refractivity contribution in [3.63, 3.8) is 0 Å². The molecule has 0 aromatic heterocycles. The molecule has 0 unspecified atom stereocenters. The summed E-state index contributed by atoms with van der Waals surface area (Å²) in [5.74, 6) is -0.0792. The summed E-state index contributed by atoms with van der Waals surface area (Å²) in [4.78, 5) is 12.0. The molecule has 3 N–H and O–H groups in total. The summed E-state index contributed by atoms with van der Waals surface area (Å²) in [6, 6.07) is 3.56. The van der Waals surface area contributed by atoms with Crippen molar-refractivity contribution in [2.75, 3.05) is 11.9 Å². The van der Waals surface area contributed by atoms with Crippen molar-refractivity contribution in [3.8, 4) is 0 Å². The van der Waals surface area contributed by atoms with Crippen LogP contribution in [0.4, 0.5) is 5.69 Å². The number of rotatable bonds is 6. The Labute approximate surface area is 130 Å². The van der Waals surface area contributed by atoms with Gasteiger partial charge in [0.1, 0.15) is 0 Å². The molecule has 0 aliphatic rings. The maximum Gasteiger partial charge on any atom is 0.224 e. The Bertz CT molecular complexity index is 487. The molecule has 0 saturated heterocycles. The Morgan fingerprint density at radius 3 is 2.55 bits per heavy atom. The predicted octanol–water partition coefficient (Wildman–Crippen LogP) is 4.40. The highest BCUT2D eigenvalue weighted by molar-refractivity contribution is 6.40. The first-order valence-electron chi connectivity index (χ1n) is 6.71. The number of amides is 1. The fourth-order valence-corrected chi connectivity index (χ4v) is 2.41. The second-order valence-corrected chi connectivity index (χ2v) is 6.59. The molecule has 0 saturated carbocycles. The summed E-state index contributed by atoms with van der Waals surface area (Å²) in [5, 5.41) is 3.75. The van der Waals surface area contributed by atoms with Crippen LogP contribution in [0.25, 0.3) is 0 Å². The van der Waals surface area contributed by atoms with Gasteiger partial charge in [-0.3, -0.25) is 4.79 Å². The molecule has 0 bridgehead atoms. The van der Waals surface area contributed by atoms with Gasteiger partial charge in [0.25, 0.3) is 0 Å². The zero-order valence-electron chi connectivity index (χ0n) is 12.2. The van der Waals surface area contributed by atoms with E-state index >= 15 is 0 Å². The quantitative estimate of drug-likeness (QED) is 0.817. The third-order valence-corrected chi connectivity index (χ3v) is 4.20. The molecule has 1 aromatic carbocycles. The van der Waals surface area contributed by atoms with E-state index in [4.69, 9.17) is 28.9 Å². The van der Waals surface area contributed by atoms with Gasteiger partial charge in [0.15, 0.2) is 0 Å². The zero-order valence-corrected chi connectivity index (χ0v) is 13.7. The number of aryl methyl sites for hydroxylation is 1. The molecular formula is C15H22Cl2N2O. The monoisotopic (exact) mass is 316 g/mol. The summed E-state index contributed by atoms with van der Waals surface area (Å²) < 4.78 is 0. The summed E-state index contributed by atoms with van der Waals surface area (Å²) in [6.07, 6.45) is 2.09. The van der Waals surface area contributed by atoms with E-state index in [2.05, 4.69) is 19.2 Å². The van der Waals surface area contributed by atoms with E-state index in [1.54, 1.807) is 6.07 Å². The molecule has 0 heterocycles. The van der Waals surface area contributed by atoms with Gasteiger partial charge in [0, 0.05) is 6.42 Å². The first kappa shape index (κ1) is 17.3. The van der Waals surface area contributed by atoms with Crippen LogP contribution < -0.4 is 11.1 Å². The smallest absolute Gasteiger partial charge is 0.224 e. The lowest BCUT2D eigenvalue weighted by atomic mass is 9.84. The Morgan fingerprint density at radius 1 is 1.30 bits per heavy atom. The van der Waals surface area contributed by atoms with Crippen molar-refractivity contribution in [1.29, 1.82) is 0 Å². The fourth-order valence-electron chi connectivity index (χ4n) is 1.94. The third kappa shape index (κ3) is 4.97. The van der Waals surface area contributed by atoms with Gasteiger partial charge in [-0.15, -0.1) is 0 Å². The van der Waals surface area contributed by atoms with E-state index < -0.39 is 0 Å². The van der Waals surface area contributed by atoms with Crippen LogP contribution in [-0.2, 0) is 4.79 Å². The molecule has 20 heavy (non-hydrogen) atoms. The van der Waals surface area contributed by atoms with E-state index in [1.165, 1.54) is 0 Å². The highest BCUT2D eigenvalue weighted by atomic mass is 35.5. The van der Waals surface area contributed by atoms with Crippen LogP contribution in [0.2, 0.25) is 10.0 Å². The van der Waals surface area contributed by atoms with Gasteiger partial charge in [-0.2, -0.15) is 0 Å². The maximum absolute atomic E-state index is 12.0.